The molecule has 0 aliphatic heterocycles. The zero-order valence-corrected chi connectivity index (χ0v) is 13.1. The number of benzene rings is 2. The van der Waals surface area contributed by atoms with Crippen molar-refractivity contribution in [2.45, 2.75) is 0 Å². The van der Waals surface area contributed by atoms with Crippen LogP contribution >= 0.6 is 50.7 Å². The number of aromatic hydroxyl groups is 1. The predicted molar refractivity (Wildman–Crippen MR) is 81.5 cm³/mol. The summed E-state index contributed by atoms with van der Waals surface area (Å²) in [6.45, 7) is 0. The third-order valence-corrected chi connectivity index (χ3v) is 3.92. The number of nitrogens with zero attached hydrogens (tertiary/aromatic N) is 2. The van der Waals surface area contributed by atoms with Crippen LogP contribution in [-0.2, 0) is 0 Å². The molecule has 0 unspecified atom stereocenters. The van der Waals surface area contributed by atoms with Crippen LogP contribution in [0.2, 0.25) is 15.1 Å². The first-order valence-electron chi connectivity index (χ1n) is 5.02. The summed E-state index contributed by atoms with van der Waals surface area (Å²) >= 11 is 20.8. The van der Waals surface area contributed by atoms with Gasteiger partial charge in [0, 0.05) is 9.50 Å². The van der Waals surface area contributed by atoms with E-state index in [4.69, 9.17) is 34.8 Å². The molecule has 0 atom stereocenters. The first kappa shape index (κ1) is 14.6. The Hall–Kier alpha value is -0.810. The molecule has 0 saturated heterocycles. The maximum Gasteiger partial charge on any atom is 0.161 e. The molecule has 19 heavy (non-hydrogen) atoms. The van der Waals surface area contributed by atoms with Gasteiger partial charge in [-0.15, -0.1) is 5.11 Å². The van der Waals surface area contributed by atoms with Crippen LogP contribution in [0, 0.1) is 0 Å². The molecule has 7 heteroatoms. The third kappa shape index (κ3) is 3.60. The van der Waals surface area contributed by atoms with Crippen LogP contribution in [0.5, 0.6) is 5.75 Å². The van der Waals surface area contributed by atoms with E-state index in [2.05, 4.69) is 26.2 Å². The molecule has 0 aliphatic carbocycles. The maximum atomic E-state index is 9.72. The minimum absolute atomic E-state index is 0.121. The van der Waals surface area contributed by atoms with Crippen LogP contribution in [-0.4, -0.2) is 5.11 Å². The van der Waals surface area contributed by atoms with Crippen molar-refractivity contribution in [2.75, 3.05) is 0 Å². The SMILES string of the molecule is Oc1c(Cl)cc(Cl)cc1N=Nc1ccc(Br)c(Cl)c1. The highest BCUT2D eigenvalue weighted by Gasteiger charge is 2.07. The Bertz CT molecular complexity index is 662. The number of phenols is 1. The molecule has 0 bridgehead atoms. The second-order valence-corrected chi connectivity index (χ2v) is 5.66. The Labute approximate surface area is 133 Å². The van der Waals surface area contributed by atoms with Crippen LogP contribution in [0.25, 0.3) is 0 Å². The Morgan fingerprint density at radius 3 is 2.37 bits per heavy atom. The molecule has 2 aromatic rings. The van der Waals surface area contributed by atoms with Gasteiger partial charge in [-0.3, -0.25) is 0 Å². The van der Waals surface area contributed by atoms with Gasteiger partial charge in [0.05, 0.1) is 15.7 Å². The molecule has 0 fully saturated rings. The summed E-state index contributed by atoms with van der Waals surface area (Å²) in [7, 11) is 0. The van der Waals surface area contributed by atoms with Crippen molar-refractivity contribution in [3.05, 3.63) is 49.9 Å². The standard InChI is InChI=1S/C12H6BrCl3N2O/c13-8-2-1-7(5-9(8)15)17-18-11-4-6(14)3-10(16)12(11)19/h1-5,19H. The lowest BCUT2D eigenvalue weighted by Crippen LogP contribution is -1.73. The van der Waals surface area contributed by atoms with E-state index in [0.29, 0.717) is 15.7 Å². The van der Waals surface area contributed by atoms with Gasteiger partial charge in [-0.1, -0.05) is 34.8 Å². The second-order valence-electron chi connectivity index (χ2n) is 3.55. The van der Waals surface area contributed by atoms with E-state index in [1.54, 1.807) is 18.2 Å². The van der Waals surface area contributed by atoms with Crippen molar-refractivity contribution >= 4 is 62.1 Å². The fourth-order valence-electron chi connectivity index (χ4n) is 1.29. The van der Waals surface area contributed by atoms with E-state index in [-0.39, 0.29) is 16.5 Å². The van der Waals surface area contributed by atoms with Gasteiger partial charge in [0.2, 0.25) is 0 Å². The Morgan fingerprint density at radius 1 is 0.947 bits per heavy atom. The number of phenolic OH excluding ortho intramolecular Hbond substituents is 1. The highest BCUT2D eigenvalue weighted by atomic mass is 79.9. The molecule has 0 saturated carbocycles. The van der Waals surface area contributed by atoms with Crippen LogP contribution < -0.4 is 0 Å². The third-order valence-electron chi connectivity index (χ3n) is 2.18. The molecule has 0 radical (unpaired) electrons. The van der Waals surface area contributed by atoms with Crippen LogP contribution in [0.4, 0.5) is 11.4 Å². The topological polar surface area (TPSA) is 45.0 Å². The number of hydrogen-bond donors (Lipinski definition) is 1. The van der Waals surface area contributed by atoms with Gasteiger partial charge >= 0.3 is 0 Å². The Kier molecular flexibility index (Phi) is 4.68. The van der Waals surface area contributed by atoms with Gasteiger partial charge in [-0.2, -0.15) is 5.11 Å². The second kappa shape index (κ2) is 6.09. The average molecular weight is 380 g/mol. The molecule has 0 heterocycles. The Balaban J connectivity index is 2.35. The fourth-order valence-corrected chi connectivity index (χ4v) is 2.19. The molecule has 1 N–H and O–H groups in total. The summed E-state index contributed by atoms with van der Waals surface area (Å²) in [6.07, 6.45) is 0. The number of azo groups is 1. The highest BCUT2D eigenvalue weighted by Crippen LogP contribution is 2.38. The summed E-state index contributed by atoms with van der Waals surface area (Å²) in [4.78, 5) is 0. The molecule has 2 rings (SSSR count). The van der Waals surface area contributed by atoms with E-state index < -0.39 is 0 Å². The lowest BCUT2D eigenvalue weighted by atomic mass is 10.3. The first-order chi connectivity index (χ1) is 8.97. The van der Waals surface area contributed by atoms with Gasteiger partial charge in [0.1, 0.15) is 5.69 Å². The van der Waals surface area contributed by atoms with Gasteiger partial charge in [0.15, 0.2) is 5.75 Å². The molecule has 0 spiro atoms. The lowest BCUT2D eigenvalue weighted by molar-refractivity contribution is 0.476. The van der Waals surface area contributed by atoms with E-state index in [1.165, 1.54) is 12.1 Å². The lowest BCUT2D eigenvalue weighted by Gasteiger charge is -2.01. The van der Waals surface area contributed by atoms with Crippen molar-refractivity contribution < 1.29 is 5.11 Å². The molecule has 0 amide bonds. The van der Waals surface area contributed by atoms with Crippen molar-refractivity contribution in [3.8, 4) is 5.75 Å². The molecule has 2 aromatic carbocycles. The van der Waals surface area contributed by atoms with Crippen molar-refractivity contribution in [3.63, 3.8) is 0 Å². The fraction of sp³-hybridized carbons (Fsp3) is 0. The summed E-state index contributed by atoms with van der Waals surface area (Å²) in [6, 6.07) is 8.00. The molecule has 98 valence electrons. The van der Waals surface area contributed by atoms with Gasteiger partial charge < -0.3 is 5.11 Å². The quantitative estimate of drug-likeness (QED) is 0.592. The smallest absolute Gasteiger partial charge is 0.161 e. The maximum absolute atomic E-state index is 9.72. The minimum Gasteiger partial charge on any atom is -0.504 e. The van der Waals surface area contributed by atoms with Gasteiger partial charge in [-0.05, 0) is 46.3 Å². The molecule has 0 aromatic heterocycles. The van der Waals surface area contributed by atoms with E-state index in [1.807, 2.05) is 0 Å². The highest BCUT2D eigenvalue weighted by molar-refractivity contribution is 9.10. The number of hydrogen-bond acceptors (Lipinski definition) is 3. The summed E-state index contributed by atoms with van der Waals surface area (Å²) in [5.74, 6) is -0.168. The van der Waals surface area contributed by atoms with E-state index in [0.717, 1.165) is 4.47 Å². The van der Waals surface area contributed by atoms with E-state index in [9.17, 15) is 5.11 Å². The van der Waals surface area contributed by atoms with Crippen molar-refractivity contribution in [2.24, 2.45) is 10.2 Å². The summed E-state index contributed by atoms with van der Waals surface area (Å²) in [5.41, 5.74) is 0.736. The zero-order valence-electron chi connectivity index (χ0n) is 9.24. The minimum atomic E-state index is -0.168. The number of halogens is 4. The van der Waals surface area contributed by atoms with Crippen molar-refractivity contribution in [1.29, 1.82) is 0 Å². The monoisotopic (exact) mass is 378 g/mol. The van der Waals surface area contributed by atoms with Crippen LogP contribution in [0.1, 0.15) is 0 Å². The largest absolute Gasteiger partial charge is 0.504 e. The summed E-state index contributed by atoms with van der Waals surface area (Å²) < 4.78 is 0.766. The summed E-state index contributed by atoms with van der Waals surface area (Å²) in [5, 5.41) is 18.6. The van der Waals surface area contributed by atoms with Crippen molar-refractivity contribution in [1.82, 2.24) is 0 Å². The van der Waals surface area contributed by atoms with Gasteiger partial charge in [-0.25, -0.2) is 0 Å². The van der Waals surface area contributed by atoms with Crippen LogP contribution in [0.15, 0.2) is 45.0 Å². The molecule has 0 aliphatic rings. The molecule has 3 nitrogen and oxygen atoms in total. The van der Waals surface area contributed by atoms with Gasteiger partial charge in [0.25, 0.3) is 0 Å². The average Bonchev–Trinajstić information content (AvgIpc) is 2.36. The first-order valence-corrected chi connectivity index (χ1v) is 6.95. The van der Waals surface area contributed by atoms with E-state index >= 15 is 0 Å². The molecular weight excluding hydrogens is 374 g/mol. The molecular formula is C12H6BrCl3N2O. The normalized spacial score (nSPS) is 11.2. The zero-order chi connectivity index (χ0) is 14.0. The number of rotatable bonds is 2. The predicted octanol–water partition coefficient (Wildman–Crippen LogP) is 6.53. The Morgan fingerprint density at radius 2 is 1.68 bits per heavy atom. The van der Waals surface area contributed by atoms with Crippen LogP contribution in [0.3, 0.4) is 0 Å².